The molecule has 0 aliphatic heterocycles. The Morgan fingerprint density at radius 3 is 2.59 bits per heavy atom. The zero-order valence-electron chi connectivity index (χ0n) is 16.2. The van der Waals surface area contributed by atoms with Gasteiger partial charge in [-0.2, -0.15) is 0 Å². The van der Waals surface area contributed by atoms with E-state index in [1.165, 1.54) is 5.56 Å². The number of fused-ring (bicyclic) bond motifs is 1. The molecule has 0 bridgehead atoms. The lowest BCUT2D eigenvalue weighted by molar-refractivity contribution is 0.398. The van der Waals surface area contributed by atoms with Gasteiger partial charge in [-0.3, -0.25) is 4.98 Å². The van der Waals surface area contributed by atoms with Gasteiger partial charge in [-0.05, 0) is 23.8 Å². The summed E-state index contributed by atoms with van der Waals surface area (Å²) in [6, 6.07) is 18.2. The van der Waals surface area contributed by atoms with Crippen LogP contribution in [-0.2, 0) is 11.5 Å². The highest BCUT2D eigenvalue weighted by Crippen LogP contribution is 2.36. The number of imidazole rings is 1. The third kappa shape index (κ3) is 4.68. The van der Waals surface area contributed by atoms with Crippen molar-refractivity contribution in [3.05, 3.63) is 72.1 Å². The minimum absolute atomic E-state index is 0.667. The van der Waals surface area contributed by atoms with Crippen LogP contribution in [0.5, 0.6) is 11.5 Å². The quantitative estimate of drug-likeness (QED) is 0.375. The molecule has 0 aliphatic rings. The Morgan fingerprint density at radius 1 is 0.931 bits per heavy atom. The van der Waals surface area contributed by atoms with Crippen LogP contribution in [0.4, 0.5) is 0 Å². The molecule has 4 aromatic rings. The maximum Gasteiger partial charge on any atom is 0.166 e. The molecule has 4 rings (SSSR count). The number of hydrogen-bond acceptors (Lipinski definition) is 6. The number of aromatic nitrogens is 3. The summed E-state index contributed by atoms with van der Waals surface area (Å²) < 4.78 is 11.0. The molecule has 0 saturated heterocycles. The predicted octanol–water partition coefficient (Wildman–Crippen LogP) is 5.56. The highest BCUT2D eigenvalue weighted by atomic mass is 32.2. The van der Waals surface area contributed by atoms with Gasteiger partial charge in [-0.1, -0.05) is 42.1 Å². The van der Waals surface area contributed by atoms with E-state index in [2.05, 4.69) is 39.2 Å². The van der Waals surface area contributed by atoms with E-state index >= 15 is 0 Å². The molecule has 29 heavy (non-hydrogen) atoms. The van der Waals surface area contributed by atoms with Crippen molar-refractivity contribution in [1.82, 2.24) is 15.0 Å². The summed E-state index contributed by atoms with van der Waals surface area (Å²) in [6.45, 7) is 0. The summed E-state index contributed by atoms with van der Waals surface area (Å²) in [5, 5.41) is 0.847. The van der Waals surface area contributed by atoms with E-state index in [-0.39, 0.29) is 0 Å². The number of pyridine rings is 1. The van der Waals surface area contributed by atoms with E-state index in [4.69, 9.17) is 9.47 Å². The highest BCUT2D eigenvalue weighted by Gasteiger charge is 2.13. The summed E-state index contributed by atoms with van der Waals surface area (Å²) in [6.07, 6.45) is 1.84. The van der Waals surface area contributed by atoms with Crippen LogP contribution in [-0.4, -0.2) is 29.2 Å². The second-order valence-electron chi connectivity index (χ2n) is 6.28. The molecule has 0 fully saturated rings. The Kier molecular flexibility index (Phi) is 6.27. The van der Waals surface area contributed by atoms with E-state index < -0.39 is 0 Å². The number of nitrogens with one attached hydrogen (secondary N) is 1. The molecule has 0 aliphatic carbocycles. The number of rotatable bonds is 8. The molecule has 0 radical (unpaired) electrons. The van der Waals surface area contributed by atoms with E-state index in [0.29, 0.717) is 5.75 Å². The third-order valence-electron chi connectivity index (χ3n) is 4.40. The van der Waals surface area contributed by atoms with Crippen molar-refractivity contribution in [1.29, 1.82) is 0 Å². The second-order valence-corrected chi connectivity index (χ2v) is 8.26. The summed E-state index contributed by atoms with van der Waals surface area (Å²) in [5.74, 6) is 3.20. The summed E-state index contributed by atoms with van der Waals surface area (Å²) in [4.78, 5) is 13.6. The molecular formula is C22H21N3O2S2. The van der Waals surface area contributed by atoms with Gasteiger partial charge in [0.25, 0.3) is 0 Å². The van der Waals surface area contributed by atoms with E-state index in [1.54, 1.807) is 37.7 Å². The molecule has 7 heteroatoms. The Hall–Kier alpha value is -2.64. The number of ether oxygens (including phenoxy) is 2. The van der Waals surface area contributed by atoms with Crippen LogP contribution >= 0.6 is 23.5 Å². The van der Waals surface area contributed by atoms with Crippen molar-refractivity contribution >= 4 is 34.6 Å². The van der Waals surface area contributed by atoms with Gasteiger partial charge in [0, 0.05) is 23.8 Å². The Labute approximate surface area is 178 Å². The number of nitrogens with zero attached hydrogens (tertiary/aromatic N) is 2. The van der Waals surface area contributed by atoms with Crippen LogP contribution in [0.2, 0.25) is 0 Å². The fourth-order valence-electron chi connectivity index (χ4n) is 2.94. The molecule has 2 aromatic carbocycles. The third-order valence-corrected chi connectivity index (χ3v) is 6.39. The Balaban J connectivity index is 1.48. The maximum absolute atomic E-state index is 5.70. The Bertz CT molecular complexity index is 1100. The van der Waals surface area contributed by atoms with Gasteiger partial charge in [-0.15, -0.1) is 11.8 Å². The van der Waals surface area contributed by atoms with Gasteiger partial charge in [0.15, 0.2) is 10.9 Å². The van der Waals surface area contributed by atoms with Gasteiger partial charge in [-0.25, -0.2) is 4.98 Å². The Morgan fingerprint density at radius 2 is 1.79 bits per heavy atom. The van der Waals surface area contributed by atoms with Crippen LogP contribution in [0.1, 0.15) is 11.3 Å². The molecule has 2 heterocycles. The first-order valence-corrected chi connectivity index (χ1v) is 11.1. The highest BCUT2D eigenvalue weighted by molar-refractivity contribution is 7.98. The minimum Gasteiger partial charge on any atom is -0.497 e. The average molecular weight is 424 g/mol. The van der Waals surface area contributed by atoms with Gasteiger partial charge in [0.1, 0.15) is 5.75 Å². The smallest absolute Gasteiger partial charge is 0.166 e. The monoisotopic (exact) mass is 423 g/mol. The zero-order chi connectivity index (χ0) is 20.1. The molecule has 0 spiro atoms. The standard InChI is InChI=1S/C22H21N3O2S2/c1-26-16-8-9-17-18(12-16)25-22(24-17)29-14-19-21(27-2)20(10-11-23-19)28-13-15-6-4-3-5-7-15/h3-12H,13-14H2,1-2H3,(H,24,25). The fourth-order valence-corrected chi connectivity index (χ4v) is 4.77. The van der Waals surface area contributed by atoms with Gasteiger partial charge in [0.05, 0.1) is 35.8 Å². The largest absolute Gasteiger partial charge is 0.497 e. The van der Waals surface area contributed by atoms with E-state index in [1.807, 2.05) is 36.5 Å². The lowest BCUT2D eigenvalue weighted by atomic mass is 10.2. The predicted molar refractivity (Wildman–Crippen MR) is 119 cm³/mol. The van der Waals surface area contributed by atoms with Gasteiger partial charge >= 0.3 is 0 Å². The van der Waals surface area contributed by atoms with Crippen LogP contribution < -0.4 is 9.47 Å². The van der Waals surface area contributed by atoms with Crippen LogP contribution in [0.25, 0.3) is 11.0 Å². The first kappa shape index (κ1) is 19.7. The molecule has 0 saturated carbocycles. The number of hydrogen-bond donors (Lipinski definition) is 1. The zero-order valence-corrected chi connectivity index (χ0v) is 17.8. The molecule has 1 N–H and O–H groups in total. The molecule has 0 unspecified atom stereocenters. The lowest BCUT2D eigenvalue weighted by Crippen LogP contribution is -1.96. The molecule has 5 nitrogen and oxygen atoms in total. The van der Waals surface area contributed by atoms with Crippen molar-refractivity contribution < 1.29 is 9.47 Å². The number of methoxy groups -OCH3 is 2. The van der Waals surface area contributed by atoms with E-state index in [9.17, 15) is 0 Å². The molecule has 2 aromatic heterocycles. The number of benzene rings is 2. The summed E-state index contributed by atoms with van der Waals surface area (Å²) in [7, 11) is 3.36. The number of thioether (sulfide) groups is 2. The van der Waals surface area contributed by atoms with Crippen LogP contribution in [0, 0.1) is 0 Å². The molecule has 0 amide bonds. The minimum atomic E-state index is 0.667. The fraction of sp³-hybridized carbons (Fsp3) is 0.182. The van der Waals surface area contributed by atoms with Crippen molar-refractivity contribution in [2.24, 2.45) is 0 Å². The average Bonchev–Trinajstić information content (AvgIpc) is 3.18. The molecule has 148 valence electrons. The van der Waals surface area contributed by atoms with E-state index in [0.717, 1.165) is 44.0 Å². The summed E-state index contributed by atoms with van der Waals surface area (Å²) in [5.41, 5.74) is 4.07. The number of aromatic amines is 1. The summed E-state index contributed by atoms with van der Waals surface area (Å²) >= 11 is 3.36. The molecule has 0 atom stereocenters. The molecular weight excluding hydrogens is 402 g/mol. The van der Waals surface area contributed by atoms with Crippen molar-refractivity contribution in [2.45, 2.75) is 21.6 Å². The normalized spacial score (nSPS) is 11.0. The van der Waals surface area contributed by atoms with Gasteiger partial charge < -0.3 is 14.5 Å². The maximum atomic E-state index is 5.70. The first-order valence-electron chi connectivity index (χ1n) is 9.12. The second kappa shape index (κ2) is 9.24. The van der Waals surface area contributed by atoms with Crippen LogP contribution in [0.3, 0.4) is 0 Å². The SMILES string of the molecule is COc1ccc2nc(SCc3nccc(SCc4ccccc4)c3OC)[nH]c2c1. The lowest BCUT2D eigenvalue weighted by Gasteiger charge is -2.12. The van der Waals surface area contributed by atoms with Gasteiger partial charge in [0.2, 0.25) is 0 Å². The van der Waals surface area contributed by atoms with Crippen molar-refractivity contribution in [3.8, 4) is 11.5 Å². The topological polar surface area (TPSA) is 60.0 Å². The van der Waals surface area contributed by atoms with Crippen molar-refractivity contribution in [2.75, 3.05) is 14.2 Å². The first-order chi connectivity index (χ1) is 14.3. The van der Waals surface area contributed by atoms with Crippen molar-refractivity contribution in [3.63, 3.8) is 0 Å². The van der Waals surface area contributed by atoms with Crippen LogP contribution in [0.15, 0.2) is 70.8 Å². The number of H-pyrrole nitrogens is 1.